The van der Waals surface area contributed by atoms with E-state index in [1.807, 2.05) is 4.90 Å². The molecule has 0 bridgehead atoms. The van der Waals surface area contributed by atoms with Crippen molar-refractivity contribution in [2.24, 2.45) is 5.14 Å². The SMILES string of the molecule is CCOC(=O)N1CCN(CC(=O)NCCc2ccc(S(N)(=O)=O)cc2)CC1. The number of primary sulfonamides is 1. The highest BCUT2D eigenvalue weighted by molar-refractivity contribution is 7.89. The van der Waals surface area contributed by atoms with Crippen LogP contribution in [-0.4, -0.2) is 76.1 Å². The lowest BCUT2D eigenvalue weighted by atomic mass is 10.1. The number of nitrogens with zero attached hydrogens (tertiary/aromatic N) is 2. The molecule has 0 atom stereocenters. The Hall–Kier alpha value is -2.17. The Morgan fingerprint density at radius 1 is 1.15 bits per heavy atom. The molecule has 0 unspecified atom stereocenters. The molecule has 2 rings (SSSR count). The molecule has 2 amide bonds. The summed E-state index contributed by atoms with van der Waals surface area (Å²) in [6.07, 6.45) is 0.280. The van der Waals surface area contributed by atoms with Gasteiger partial charge in [-0.25, -0.2) is 18.4 Å². The van der Waals surface area contributed by atoms with Crippen LogP contribution in [0, 0.1) is 0 Å². The summed E-state index contributed by atoms with van der Waals surface area (Å²) >= 11 is 0. The minimum Gasteiger partial charge on any atom is -0.450 e. The van der Waals surface area contributed by atoms with Gasteiger partial charge in [-0.15, -0.1) is 0 Å². The second-order valence-electron chi connectivity index (χ2n) is 6.25. The van der Waals surface area contributed by atoms with Crippen molar-refractivity contribution in [1.29, 1.82) is 0 Å². The third-order valence-corrected chi connectivity index (χ3v) is 5.18. The van der Waals surface area contributed by atoms with Gasteiger partial charge in [-0.1, -0.05) is 12.1 Å². The average molecular weight is 398 g/mol. The van der Waals surface area contributed by atoms with Crippen LogP contribution >= 0.6 is 0 Å². The zero-order valence-corrected chi connectivity index (χ0v) is 16.2. The summed E-state index contributed by atoms with van der Waals surface area (Å²) in [5.74, 6) is -0.0826. The first-order chi connectivity index (χ1) is 12.8. The van der Waals surface area contributed by atoms with Crippen molar-refractivity contribution in [2.75, 3.05) is 45.9 Å². The Morgan fingerprint density at radius 2 is 1.78 bits per heavy atom. The van der Waals surface area contributed by atoms with E-state index in [0.717, 1.165) is 5.56 Å². The van der Waals surface area contributed by atoms with Crippen LogP contribution in [-0.2, 0) is 26.0 Å². The molecule has 1 saturated heterocycles. The second kappa shape index (κ2) is 9.67. The number of ether oxygens (including phenoxy) is 1. The second-order valence-corrected chi connectivity index (χ2v) is 7.81. The molecule has 0 radical (unpaired) electrons. The number of rotatable bonds is 7. The first-order valence-corrected chi connectivity index (χ1v) is 10.4. The van der Waals surface area contributed by atoms with Gasteiger partial charge in [0.05, 0.1) is 18.0 Å². The molecule has 0 aliphatic carbocycles. The van der Waals surface area contributed by atoms with Crippen LogP contribution in [0.15, 0.2) is 29.2 Å². The Labute approximate surface area is 159 Å². The third-order valence-electron chi connectivity index (χ3n) is 4.25. The highest BCUT2D eigenvalue weighted by Gasteiger charge is 2.22. The number of sulfonamides is 1. The highest BCUT2D eigenvalue weighted by Crippen LogP contribution is 2.09. The van der Waals surface area contributed by atoms with Gasteiger partial charge in [0.25, 0.3) is 0 Å². The quantitative estimate of drug-likeness (QED) is 0.654. The van der Waals surface area contributed by atoms with Crippen LogP contribution in [0.1, 0.15) is 12.5 Å². The molecule has 1 aliphatic rings. The van der Waals surface area contributed by atoms with Crippen LogP contribution in [0.4, 0.5) is 4.79 Å². The lowest BCUT2D eigenvalue weighted by Gasteiger charge is -2.33. The van der Waals surface area contributed by atoms with Crippen molar-refractivity contribution < 1.29 is 22.7 Å². The smallest absolute Gasteiger partial charge is 0.409 e. The molecule has 0 aromatic heterocycles. The third kappa shape index (κ3) is 6.81. The van der Waals surface area contributed by atoms with Crippen LogP contribution < -0.4 is 10.5 Å². The summed E-state index contributed by atoms with van der Waals surface area (Å²) in [4.78, 5) is 27.4. The molecule has 10 heteroatoms. The molecular weight excluding hydrogens is 372 g/mol. The van der Waals surface area contributed by atoms with Crippen LogP contribution in [0.2, 0.25) is 0 Å². The molecule has 3 N–H and O–H groups in total. The van der Waals surface area contributed by atoms with Crippen LogP contribution in [0.5, 0.6) is 0 Å². The molecule has 0 saturated carbocycles. The summed E-state index contributed by atoms with van der Waals surface area (Å²) in [5.41, 5.74) is 0.908. The Balaban J connectivity index is 1.67. The minimum atomic E-state index is -3.69. The fourth-order valence-corrected chi connectivity index (χ4v) is 3.27. The zero-order valence-electron chi connectivity index (χ0n) is 15.4. The number of hydrogen-bond donors (Lipinski definition) is 2. The predicted molar refractivity (Wildman–Crippen MR) is 99.6 cm³/mol. The number of amides is 2. The van der Waals surface area contributed by atoms with E-state index in [-0.39, 0.29) is 23.4 Å². The molecule has 1 aliphatic heterocycles. The van der Waals surface area contributed by atoms with Crippen molar-refractivity contribution in [3.8, 4) is 0 Å². The van der Waals surface area contributed by atoms with E-state index >= 15 is 0 Å². The summed E-state index contributed by atoms with van der Waals surface area (Å²) in [5, 5.41) is 7.91. The van der Waals surface area contributed by atoms with Crippen molar-refractivity contribution in [1.82, 2.24) is 15.1 Å². The summed E-state index contributed by atoms with van der Waals surface area (Å²) in [6.45, 7) is 5.20. The van der Waals surface area contributed by atoms with Gasteiger partial charge in [0.15, 0.2) is 0 Å². The lowest BCUT2D eigenvalue weighted by molar-refractivity contribution is -0.122. The molecule has 1 fully saturated rings. The maximum absolute atomic E-state index is 12.1. The van der Waals surface area contributed by atoms with E-state index in [0.29, 0.717) is 45.8 Å². The Bertz CT molecular complexity index is 743. The van der Waals surface area contributed by atoms with Crippen molar-refractivity contribution in [3.63, 3.8) is 0 Å². The number of nitrogens with one attached hydrogen (secondary N) is 1. The first kappa shape index (κ1) is 21.1. The fraction of sp³-hybridized carbons (Fsp3) is 0.529. The number of nitrogens with two attached hydrogens (primary N) is 1. The average Bonchev–Trinajstić information content (AvgIpc) is 2.62. The maximum Gasteiger partial charge on any atom is 0.409 e. The normalized spacial score (nSPS) is 15.4. The number of carbonyl (C=O) groups is 2. The van der Waals surface area contributed by atoms with Crippen molar-refractivity contribution in [2.45, 2.75) is 18.2 Å². The molecule has 0 spiro atoms. The maximum atomic E-state index is 12.1. The molecular formula is C17H26N4O5S. The number of carbonyl (C=O) groups excluding carboxylic acids is 2. The zero-order chi connectivity index (χ0) is 19.9. The Morgan fingerprint density at radius 3 is 2.33 bits per heavy atom. The van der Waals surface area contributed by atoms with E-state index in [9.17, 15) is 18.0 Å². The van der Waals surface area contributed by atoms with Gasteiger partial charge in [0.2, 0.25) is 15.9 Å². The van der Waals surface area contributed by atoms with Gasteiger partial charge in [0.1, 0.15) is 0 Å². The Kier molecular flexibility index (Phi) is 7.57. The number of piperazine rings is 1. The molecule has 1 aromatic rings. The summed E-state index contributed by atoms with van der Waals surface area (Å²) in [7, 11) is -3.69. The van der Waals surface area contributed by atoms with Gasteiger partial charge in [-0.2, -0.15) is 0 Å². The predicted octanol–water partition coefficient (Wildman–Crippen LogP) is -0.233. The van der Waals surface area contributed by atoms with Crippen molar-refractivity contribution in [3.05, 3.63) is 29.8 Å². The highest BCUT2D eigenvalue weighted by atomic mass is 32.2. The van der Waals surface area contributed by atoms with E-state index in [4.69, 9.17) is 9.88 Å². The minimum absolute atomic E-state index is 0.0669. The van der Waals surface area contributed by atoms with Gasteiger partial charge in [-0.05, 0) is 31.0 Å². The topological polar surface area (TPSA) is 122 Å². The summed E-state index contributed by atoms with van der Waals surface area (Å²) in [6, 6.07) is 6.27. The van der Waals surface area contributed by atoms with Gasteiger partial charge >= 0.3 is 6.09 Å². The van der Waals surface area contributed by atoms with E-state index in [1.54, 1.807) is 24.0 Å². The molecule has 1 aromatic carbocycles. The lowest BCUT2D eigenvalue weighted by Crippen LogP contribution is -2.51. The van der Waals surface area contributed by atoms with Crippen LogP contribution in [0.3, 0.4) is 0 Å². The van der Waals surface area contributed by atoms with E-state index in [2.05, 4.69) is 5.32 Å². The molecule has 1 heterocycles. The van der Waals surface area contributed by atoms with Crippen molar-refractivity contribution >= 4 is 22.0 Å². The van der Waals surface area contributed by atoms with E-state index in [1.165, 1.54) is 12.1 Å². The monoisotopic (exact) mass is 398 g/mol. The van der Waals surface area contributed by atoms with E-state index < -0.39 is 10.0 Å². The van der Waals surface area contributed by atoms with Gasteiger partial charge in [0, 0.05) is 32.7 Å². The first-order valence-electron chi connectivity index (χ1n) is 8.82. The molecule has 9 nitrogen and oxygen atoms in total. The fourth-order valence-electron chi connectivity index (χ4n) is 2.75. The molecule has 150 valence electrons. The number of benzene rings is 1. The standard InChI is InChI=1S/C17H26N4O5S/c1-2-26-17(23)21-11-9-20(10-12-21)13-16(22)19-8-7-14-3-5-15(6-4-14)27(18,24)25/h3-6H,2,7-13H2,1H3,(H,19,22)(H2,18,24,25). The van der Waals surface area contributed by atoms with Gasteiger partial charge < -0.3 is 15.0 Å². The van der Waals surface area contributed by atoms with Gasteiger partial charge in [-0.3, -0.25) is 9.69 Å². The largest absolute Gasteiger partial charge is 0.450 e. The van der Waals surface area contributed by atoms with Crippen LogP contribution in [0.25, 0.3) is 0 Å². The molecule has 27 heavy (non-hydrogen) atoms. The number of hydrogen-bond acceptors (Lipinski definition) is 6. The summed E-state index contributed by atoms with van der Waals surface area (Å²) < 4.78 is 27.4.